The lowest BCUT2D eigenvalue weighted by Gasteiger charge is -2.33. The molecule has 0 unspecified atom stereocenters. The molecule has 0 aliphatic heterocycles. The van der Waals surface area contributed by atoms with Crippen LogP contribution in [-0.4, -0.2) is 28.8 Å². The van der Waals surface area contributed by atoms with Gasteiger partial charge in [0, 0.05) is 12.1 Å². The van der Waals surface area contributed by atoms with Crippen LogP contribution in [0.25, 0.3) is 4.85 Å². The minimum atomic E-state index is -0.361. The third-order valence-corrected chi connectivity index (χ3v) is 2.70. The zero-order chi connectivity index (χ0) is 12.0. The van der Waals surface area contributed by atoms with Crippen LogP contribution < -0.4 is 0 Å². The van der Waals surface area contributed by atoms with E-state index in [0.717, 1.165) is 5.56 Å². The molecule has 16 heavy (non-hydrogen) atoms. The Morgan fingerprint density at radius 1 is 1.31 bits per heavy atom. The van der Waals surface area contributed by atoms with Gasteiger partial charge in [-0.05, 0) is 19.4 Å². The lowest BCUT2D eigenvalue weighted by molar-refractivity contribution is 0.0601. The van der Waals surface area contributed by atoms with Gasteiger partial charge in [-0.1, -0.05) is 30.3 Å². The van der Waals surface area contributed by atoms with Crippen LogP contribution in [0.3, 0.4) is 0 Å². The number of hydrogen-bond donors (Lipinski definition) is 1. The SMILES string of the molecule is [C-]#[N+]CN(Cc1ccccc1)C(C)(C)CO. The van der Waals surface area contributed by atoms with Gasteiger partial charge in [0.1, 0.15) is 0 Å². The van der Waals surface area contributed by atoms with Gasteiger partial charge >= 0.3 is 0 Å². The van der Waals surface area contributed by atoms with Gasteiger partial charge in [0.05, 0.1) is 6.61 Å². The number of nitrogens with zero attached hydrogens (tertiary/aromatic N) is 2. The van der Waals surface area contributed by atoms with E-state index in [9.17, 15) is 5.11 Å². The maximum absolute atomic E-state index is 9.32. The van der Waals surface area contributed by atoms with Crippen molar-refractivity contribution in [2.45, 2.75) is 25.9 Å². The molecule has 0 saturated heterocycles. The zero-order valence-electron chi connectivity index (χ0n) is 9.85. The highest BCUT2D eigenvalue weighted by Gasteiger charge is 2.27. The largest absolute Gasteiger partial charge is 0.394 e. The van der Waals surface area contributed by atoms with Crippen LogP contribution in [0.2, 0.25) is 0 Å². The van der Waals surface area contributed by atoms with E-state index in [4.69, 9.17) is 6.57 Å². The molecule has 0 fully saturated rings. The molecular weight excluding hydrogens is 200 g/mol. The van der Waals surface area contributed by atoms with E-state index < -0.39 is 0 Å². The topological polar surface area (TPSA) is 27.8 Å². The monoisotopic (exact) mass is 218 g/mol. The zero-order valence-corrected chi connectivity index (χ0v) is 9.85. The van der Waals surface area contributed by atoms with Crippen molar-refractivity contribution < 1.29 is 5.11 Å². The number of rotatable bonds is 5. The average Bonchev–Trinajstić information content (AvgIpc) is 2.30. The van der Waals surface area contributed by atoms with E-state index in [1.54, 1.807) is 0 Å². The standard InChI is InChI=1S/C13H18N2O/c1-13(2,10-16)15(11-14-3)9-12-7-5-4-6-8-12/h4-8,16H,9-11H2,1-2H3. The predicted molar refractivity (Wildman–Crippen MR) is 64.6 cm³/mol. The molecule has 0 heterocycles. The fourth-order valence-corrected chi connectivity index (χ4v) is 1.44. The summed E-state index contributed by atoms with van der Waals surface area (Å²) in [4.78, 5) is 5.39. The first-order chi connectivity index (χ1) is 7.60. The molecule has 1 aromatic carbocycles. The highest BCUT2D eigenvalue weighted by Crippen LogP contribution is 2.17. The molecule has 3 heteroatoms. The third-order valence-electron chi connectivity index (χ3n) is 2.70. The van der Waals surface area contributed by atoms with E-state index in [0.29, 0.717) is 13.2 Å². The molecule has 0 aliphatic carbocycles. The summed E-state index contributed by atoms with van der Waals surface area (Å²) < 4.78 is 0. The Kier molecular flexibility index (Phi) is 4.48. The third kappa shape index (κ3) is 3.34. The number of aliphatic hydroxyl groups excluding tert-OH is 1. The second kappa shape index (κ2) is 5.64. The average molecular weight is 218 g/mol. The Morgan fingerprint density at radius 3 is 2.44 bits per heavy atom. The Labute approximate surface area is 97.1 Å². The maximum Gasteiger partial charge on any atom is 0.271 e. The van der Waals surface area contributed by atoms with Crippen LogP contribution in [-0.2, 0) is 6.54 Å². The number of hydrogen-bond acceptors (Lipinski definition) is 2. The Balaban J connectivity index is 2.77. The van der Waals surface area contributed by atoms with Crippen molar-refractivity contribution in [2.75, 3.05) is 13.3 Å². The molecule has 86 valence electrons. The van der Waals surface area contributed by atoms with Gasteiger partial charge in [-0.25, -0.2) is 11.5 Å². The molecule has 1 rings (SSSR count). The van der Waals surface area contributed by atoms with Gasteiger partial charge in [0.2, 0.25) is 0 Å². The van der Waals surface area contributed by atoms with Gasteiger partial charge in [0.25, 0.3) is 6.67 Å². The van der Waals surface area contributed by atoms with Gasteiger partial charge in [-0.2, -0.15) is 0 Å². The smallest absolute Gasteiger partial charge is 0.271 e. The van der Waals surface area contributed by atoms with E-state index in [2.05, 4.69) is 4.85 Å². The normalized spacial score (nSPS) is 11.4. The van der Waals surface area contributed by atoms with E-state index >= 15 is 0 Å². The van der Waals surface area contributed by atoms with Crippen molar-refractivity contribution in [3.05, 3.63) is 47.3 Å². The van der Waals surface area contributed by atoms with E-state index in [1.807, 2.05) is 49.1 Å². The van der Waals surface area contributed by atoms with Gasteiger partial charge in [-0.3, -0.25) is 4.85 Å². The van der Waals surface area contributed by atoms with Crippen LogP contribution in [0.5, 0.6) is 0 Å². The van der Waals surface area contributed by atoms with E-state index in [1.165, 1.54) is 0 Å². The summed E-state index contributed by atoms with van der Waals surface area (Å²) in [7, 11) is 0. The van der Waals surface area contributed by atoms with Crippen molar-refractivity contribution in [1.82, 2.24) is 4.90 Å². The fourth-order valence-electron chi connectivity index (χ4n) is 1.44. The van der Waals surface area contributed by atoms with Crippen LogP contribution in [0, 0.1) is 6.57 Å². The summed E-state index contributed by atoms with van der Waals surface area (Å²) in [6, 6.07) is 10.0. The Bertz CT molecular complexity index is 354. The quantitative estimate of drug-likeness (QED) is 0.767. The summed E-state index contributed by atoms with van der Waals surface area (Å²) >= 11 is 0. The molecule has 0 radical (unpaired) electrons. The van der Waals surface area contributed by atoms with Gasteiger partial charge in [0.15, 0.2) is 0 Å². The van der Waals surface area contributed by atoms with Crippen LogP contribution in [0.15, 0.2) is 30.3 Å². The van der Waals surface area contributed by atoms with Crippen molar-refractivity contribution in [2.24, 2.45) is 0 Å². The molecule has 1 N–H and O–H groups in total. The van der Waals surface area contributed by atoms with Crippen LogP contribution in [0.1, 0.15) is 19.4 Å². The maximum atomic E-state index is 9.32. The minimum Gasteiger partial charge on any atom is -0.394 e. The summed E-state index contributed by atoms with van der Waals surface area (Å²) in [6.07, 6.45) is 0. The molecule has 0 saturated carbocycles. The predicted octanol–water partition coefficient (Wildman–Crippen LogP) is 2.14. The van der Waals surface area contributed by atoms with Crippen LogP contribution >= 0.6 is 0 Å². The number of aliphatic hydroxyl groups is 1. The molecule has 3 nitrogen and oxygen atoms in total. The first-order valence-electron chi connectivity index (χ1n) is 5.33. The lowest BCUT2D eigenvalue weighted by Crippen LogP contribution is -2.46. The van der Waals surface area contributed by atoms with Crippen molar-refractivity contribution >= 4 is 0 Å². The second-order valence-corrected chi connectivity index (χ2v) is 4.45. The lowest BCUT2D eigenvalue weighted by atomic mass is 10.0. The van der Waals surface area contributed by atoms with Crippen molar-refractivity contribution in [3.63, 3.8) is 0 Å². The molecule has 0 atom stereocenters. The molecule has 0 bridgehead atoms. The summed E-state index contributed by atoms with van der Waals surface area (Å²) in [5, 5.41) is 9.32. The van der Waals surface area contributed by atoms with Crippen LogP contribution in [0.4, 0.5) is 0 Å². The fraction of sp³-hybridized carbons (Fsp3) is 0.462. The molecule has 0 aromatic heterocycles. The molecule has 0 spiro atoms. The van der Waals surface area contributed by atoms with Crippen molar-refractivity contribution in [3.8, 4) is 0 Å². The molecule has 0 amide bonds. The summed E-state index contributed by atoms with van der Waals surface area (Å²) in [5.74, 6) is 0. The van der Waals surface area contributed by atoms with E-state index in [-0.39, 0.29) is 12.1 Å². The Hall–Kier alpha value is -1.37. The first kappa shape index (κ1) is 12.7. The molecule has 0 aliphatic rings. The minimum absolute atomic E-state index is 0.0509. The second-order valence-electron chi connectivity index (χ2n) is 4.45. The molecule has 1 aromatic rings. The number of benzene rings is 1. The molecular formula is C13H18N2O. The van der Waals surface area contributed by atoms with Gasteiger partial charge < -0.3 is 5.11 Å². The first-order valence-corrected chi connectivity index (χ1v) is 5.33. The Morgan fingerprint density at radius 2 is 1.94 bits per heavy atom. The summed E-state index contributed by atoms with van der Waals surface area (Å²) in [5.41, 5.74) is 0.799. The summed E-state index contributed by atoms with van der Waals surface area (Å²) in [6.45, 7) is 11.9. The highest BCUT2D eigenvalue weighted by atomic mass is 16.3. The highest BCUT2D eigenvalue weighted by molar-refractivity contribution is 5.15. The van der Waals surface area contributed by atoms with Gasteiger partial charge in [-0.15, -0.1) is 0 Å². The van der Waals surface area contributed by atoms with Crippen molar-refractivity contribution in [1.29, 1.82) is 0 Å².